The molecule has 26 heavy (non-hydrogen) atoms. The number of carbonyl (C=O) groups is 2. The minimum absolute atomic E-state index is 0.00252. The highest BCUT2D eigenvalue weighted by Gasteiger charge is 2.30. The minimum Gasteiger partial charge on any atom is -0.452 e. The number of carbonyl (C=O) groups excluding carboxylic acids is 2. The van der Waals surface area contributed by atoms with Crippen LogP contribution in [0.15, 0.2) is 30.3 Å². The first-order valence-corrected chi connectivity index (χ1v) is 9.39. The molecule has 1 aromatic carbocycles. The first-order chi connectivity index (χ1) is 12.0. The van der Waals surface area contributed by atoms with E-state index >= 15 is 0 Å². The molecule has 0 radical (unpaired) electrons. The summed E-state index contributed by atoms with van der Waals surface area (Å²) < 4.78 is 65.0. The van der Waals surface area contributed by atoms with E-state index in [9.17, 15) is 31.2 Å². The molecule has 1 amide bonds. The summed E-state index contributed by atoms with van der Waals surface area (Å²) in [7, 11) is -3.14. The maximum Gasteiger partial charge on any atom is 0.416 e. The van der Waals surface area contributed by atoms with Crippen molar-refractivity contribution in [2.24, 2.45) is 0 Å². The molecule has 1 N–H and O–H groups in total. The Labute approximate surface area is 147 Å². The third-order valence-electron chi connectivity index (χ3n) is 3.57. The Bertz CT molecular complexity index is 817. The lowest BCUT2D eigenvalue weighted by molar-refractivity contribution is -0.144. The smallest absolute Gasteiger partial charge is 0.416 e. The Morgan fingerprint density at radius 3 is 2.65 bits per heavy atom. The number of alkyl halides is 3. The van der Waals surface area contributed by atoms with Gasteiger partial charge >= 0.3 is 12.1 Å². The van der Waals surface area contributed by atoms with E-state index in [1.165, 1.54) is 12.1 Å². The zero-order chi connectivity index (χ0) is 19.4. The van der Waals surface area contributed by atoms with Crippen molar-refractivity contribution in [3.63, 3.8) is 0 Å². The third kappa shape index (κ3) is 6.17. The first kappa shape index (κ1) is 20.0. The van der Waals surface area contributed by atoms with Crippen LogP contribution in [0.25, 0.3) is 6.08 Å². The second-order valence-electron chi connectivity index (χ2n) is 5.73. The number of halogens is 3. The molecule has 1 aromatic rings. The molecule has 10 heteroatoms. The lowest BCUT2D eigenvalue weighted by Crippen LogP contribution is -2.38. The molecule has 1 heterocycles. The fourth-order valence-electron chi connectivity index (χ4n) is 2.35. The van der Waals surface area contributed by atoms with Gasteiger partial charge in [-0.3, -0.25) is 4.79 Å². The predicted octanol–water partition coefficient (Wildman–Crippen LogP) is 1.57. The maximum absolute atomic E-state index is 12.6. The molecule has 1 aliphatic rings. The Morgan fingerprint density at radius 2 is 2.04 bits per heavy atom. The van der Waals surface area contributed by atoms with E-state index in [2.05, 4.69) is 10.1 Å². The van der Waals surface area contributed by atoms with Crippen LogP contribution in [0.5, 0.6) is 0 Å². The Balaban J connectivity index is 1.81. The predicted molar refractivity (Wildman–Crippen MR) is 86.6 cm³/mol. The highest BCUT2D eigenvalue weighted by atomic mass is 32.2. The van der Waals surface area contributed by atoms with Crippen LogP contribution in [0, 0.1) is 0 Å². The zero-order valence-electron chi connectivity index (χ0n) is 13.5. The molecule has 1 aliphatic heterocycles. The van der Waals surface area contributed by atoms with E-state index in [1.807, 2.05) is 0 Å². The first-order valence-electron chi connectivity index (χ1n) is 7.57. The number of esters is 1. The van der Waals surface area contributed by atoms with Crippen molar-refractivity contribution in [1.82, 2.24) is 5.32 Å². The molecule has 2 rings (SSSR count). The van der Waals surface area contributed by atoms with Crippen molar-refractivity contribution in [2.75, 3.05) is 18.1 Å². The molecular formula is C16H16F3NO5S. The molecule has 0 spiro atoms. The van der Waals surface area contributed by atoms with Crippen LogP contribution in [0.2, 0.25) is 0 Å². The quantitative estimate of drug-likeness (QED) is 0.608. The van der Waals surface area contributed by atoms with E-state index in [-0.39, 0.29) is 17.1 Å². The van der Waals surface area contributed by atoms with Crippen LogP contribution in [0.4, 0.5) is 13.2 Å². The second kappa shape index (κ2) is 7.90. The number of rotatable bonds is 5. The number of sulfone groups is 1. The number of hydrogen-bond donors (Lipinski definition) is 1. The molecular weight excluding hydrogens is 375 g/mol. The van der Waals surface area contributed by atoms with Crippen molar-refractivity contribution >= 4 is 27.8 Å². The highest BCUT2D eigenvalue weighted by molar-refractivity contribution is 7.91. The van der Waals surface area contributed by atoms with Crippen LogP contribution in [0.1, 0.15) is 17.5 Å². The topological polar surface area (TPSA) is 89.5 Å². The second-order valence-corrected chi connectivity index (χ2v) is 7.96. The molecule has 6 nitrogen and oxygen atoms in total. The van der Waals surface area contributed by atoms with Gasteiger partial charge in [-0.25, -0.2) is 13.2 Å². The summed E-state index contributed by atoms with van der Waals surface area (Å²) >= 11 is 0. The highest BCUT2D eigenvalue weighted by Crippen LogP contribution is 2.29. The average molecular weight is 391 g/mol. The van der Waals surface area contributed by atoms with Gasteiger partial charge in [0.2, 0.25) is 0 Å². The van der Waals surface area contributed by atoms with E-state index in [1.54, 1.807) is 0 Å². The van der Waals surface area contributed by atoms with Crippen molar-refractivity contribution in [1.29, 1.82) is 0 Å². The maximum atomic E-state index is 12.6. The lowest BCUT2D eigenvalue weighted by atomic mass is 10.1. The van der Waals surface area contributed by atoms with Gasteiger partial charge in [0.05, 0.1) is 17.1 Å². The Morgan fingerprint density at radius 1 is 1.31 bits per heavy atom. The van der Waals surface area contributed by atoms with E-state index in [0.717, 1.165) is 24.3 Å². The normalized spacial score (nSPS) is 19.4. The zero-order valence-corrected chi connectivity index (χ0v) is 14.3. The van der Waals surface area contributed by atoms with Gasteiger partial charge in [-0.05, 0) is 30.2 Å². The third-order valence-corrected chi connectivity index (χ3v) is 5.34. The molecule has 0 saturated carbocycles. The van der Waals surface area contributed by atoms with Gasteiger partial charge in [-0.15, -0.1) is 0 Å². The van der Waals surface area contributed by atoms with Crippen LogP contribution in [-0.4, -0.2) is 44.4 Å². The van der Waals surface area contributed by atoms with Gasteiger partial charge in [0.25, 0.3) is 5.91 Å². The Kier molecular flexibility index (Phi) is 6.06. The van der Waals surface area contributed by atoms with E-state index in [4.69, 9.17) is 0 Å². The van der Waals surface area contributed by atoms with Crippen molar-refractivity contribution in [3.8, 4) is 0 Å². The summed E-state index contributed by atoms with van der Waals surface area (Å²) in [6.45, 7) is -0.609. The molecule has 1 atom stereocenters. The van der Waals surface area contributed by atoms with Crippen LogP contribution in [0.3, 0.4) is 0 Å². The van der Waals surface area contributed by atoms with Gasteiger partial charge in [0.1, 0.15) is 0 Å². The van der Waals surface area contributed by atoms with Gasteiger partial charge in [-0.1, -0.05) is 12.1 Å². The largest absolute Gasteiger partial charge is 0.452 e. The van der Waals surface area contributed by atoms with Gasteiger partial charge in [0, 0.05) is 12.1 Å². The van der Waals surface area contributed by atoms with Crippen molar-refractivity contribution in [3.05, 3.63) is 41.5 Å². The van der Waals surface area contributed by atoms with Crippen molar-refractivity contribution < 1.29 is 35.9 Å². The van der Waals surface area contributed by atoms with Gasteiger partial charge in [-0.2, -0.15) is 13.2 Å². The summed E-state index contributed by atoms with van der Waals surface area (Å²) in [5.74, 6) is -1.70. The van der Waals surface area contributed by atoms with E-state index < -0.39 is 46.1 Å². The van der Waals surface area contributed by atoms with E-state index in [0.29, 0.717) is 6.42 Å². The average Bonchev–Trinajstić information content (AvgIpc) is 2.89. The number of amides is 1. The number of hydrogen-bond acceptors (Lipinski definition) is 5. The molecule has 0 unspecified atom stereocenters. The van der Waals surface area contributed by atoms with Gasteiger partial charge < -0.3 is 10.1 Å². The number of benzene rings is 1. The summed E-state index contributed by atoms with van der Waals surface area (Å²) in [4.78, 5) is 23.1. The molecule has 0 aliphatic carbocycles. The summed E-state index contributed by atoms with van der Waals surface area (Å²) in [6, 6.07) is 3.86. The summed E-state index contributed by atoms with van der Waals surface area (Å²) in [6.07, 6.45) is -2.14. The van der Waals surface area contributed by atoms with Crippen LogP contribution < -0.4 is 5.32 Å². The lowest BCUT2D eigenvalue weighted by Gasteiger charge is -2.10. The summed E-state index contributed by atoms with van der Waals surface area (Å²) in [5, 5.41) is 2.44. The molecule has 0 bridgehead atoms. The molecule has 142 valence electrons. The van der Waals surface area contributed by atoms with Gasteiger partial charge in [0.15, 0.2) is 16.4 Å². The Hall–Kier alpha value is -2.36. The summed E-state index contributed by atoms with van der Waals surface area (Å²) in [5.41, 5.74) is -0.698. The monoisotopic (exact) mass is 391 g/mol. The molecule has 1 fully saturated rings. The molecule has 0 aromatic heterocycles. The van der Waals surface area contributed by atoms with Crippen molar-refractivity contribution in [2.45, 2.75) is 18.6 Å². The molecule has 1 saturated heterocycles. The minimum atomic E-state index is -4.49. The fourth-order valence-corrected chi connectivity index (χ4v) is 4.02. The number of ether oxygens (including phenoxy) is 1. The standard InChI is InChI=1S/C16H16F3NO5S/c17-16(18,19)12-3-1-2-11(8-12)4-5-15(22)25-9-14(21)20-13-6-7-26(23,24)10-13/h1-5,8,13H,6-7,9-10H2,(H,20,21)/b5-4+/t13-/m1/s1. The SMILES string of the molecule is O=C(COC(=O)/C=C/c1cccc(C(F)(F)F)c1)N[C@@H]1CCS(=O)(=O)C1. The number of nitrogens with one attached hydrogen (secondary N) is 1. The fraction of sp³-hybridized carbons (Fsp3) is 0.375. The van der Waals surface area contributed by atoms with Crippen LogP contribution >= 0.6 is 0 Å². The van der Waals surface area contributed by atoms with Crippen LogP contribution in [-0.2, 0) is 30.3 Å².